The van der Waals surface area contributed by atoms with Crippen molar-refractivity contribution in [2.75, 3.05) is 12.8 Å². The Hall–Kier alpha value is -1.68. The summed E-state index contributed by atoms with van der Waals surface area (Å²) in [4.78, 5) is 0. The van der Waals surface area contributed by atoms with Crippen molar-refractivity contribution in [1.82, 2.24) is 9.78 Å². The largest absolute Gasteiger partial charge is 0.481 e. The summed E-state index contributed by atoms with van der Waals surface area (Å²) >= 11 is 5.88. The van der Waals surface area contributed by atoms with E-state index in [0.717, 1.165) is 5.69 Å². The smallest absolute Gasteiger partial charge is 0.218 e. The van der Waals surface area contributed by atoms with Crippen LogP contribution >= 0.6 is 11.6 Å². The molecule has 0 amide bonds. The van der Waals surface area contributed by atoms with Crippen molar-refractivity contribution >= 4 is 17.4 Å². The minimum absolute atomic E-state index is 0.409. The van der Waals surface area contributed by atoms with Crippen LogP contribution < -0.4 is 10.5 Å². The molecule has 4 nitrogen and oxygen atoms in total. The molecule has 0 radical (unpaired) electrons. The average molecular weight is 224 g/mol. The molecule has 0 atom stereocenters. The third-order valence-corrected chi connectivity index (χ3v) is 2.19. The van der Waals surface area contributed by atoms with Crippen molar-refractivity contribution in [3.05, 3.63) is 35.4 Å². The summed E-state index contributed by atoms with van der Waals surface area (Å²) in [5.41, 5.74) is 6.40. The number of hydrogen-bond donors (Lipinski definition) is 1. The molecule has 15 heavy (non-hydrogen) atoms. The molecule has 78 valence electrons. The first-order valence-electron chi connectivity index (χ1n) is 4.36. The lowest BCUT2D eigenvalue weighted by Crippen LogP contribution is -2.00. The van der Waals surface area contributed by atoms with Crippen LogP contribution in [-0.2, 0) is 0 Å². The van der Waals surface area contributed by atoms with Gasteiger partial charge in [0.2, 0.25) is 5.88 Å². The lowest BCUT2D eigenvalue weighted by Gasteiger charge is -2.05. The van der Waals surface area contributed by atoms with Crippen LogP contribution in [0.5, 0.6) is 5.88 Å². The molecule has 2 N–H and O–H groups in total. The fraction of sp³-hybridized carbons (Fsp3) is 0.100. The Labute approximate surface area is 92.2 Å². The van der Waals surface area contributed by atoms with Crippen LogP contribution in [0.15, 0.2) is 30.3 Å². The molecule has 0 saturated heterocycles. The minimum atomic E-state index is 0.409. The Morgan fingerprint density at radius 2 is 2.20 bits per heavy atom. The second-order valence-electron chi connectivity index (χ2n) is 3.00. The first-order chi connectivity index (χ1) is 7.20. The van der Waals surface area contributed by atoms with Gasteiger partial charge in [-0.1, -0.05) is 17.7 Å². The van der Waals surface area contributed by atoms with E-state index in [9.17, 15) is 0 Å². The highest BCUT2D eigenvalue weighted by Gasteiger charge is 2.07. The van der Waals surface area contributed by atoms with Gasteiger partial charge in [-0.05, 0) is 18.2 Å². The van der Waals surface area contributed by atoms with Crippen molar-refractivity contribution < 1.29 is 4.74 Å². The van der Waals surface area contributed by atoms with Gasteiger partial charge in [0.1, 0.15) is 5.82 Å². The van der Waals surface area contributed by atoms with Crippen LogP contribution in [0.25, 0.3) is 5.69 Å². The fourth-order valence-electron chi connectivity index (χ4n) is 1.32. The number of halogens is 1. The van der Waals surface area contributed by atoms with Crippen molar-refractivity contribution in [1.29, 1.82) is 0 Å². The number of ether oxygens (including phenoxy) is 1. The maximum absolute atomic E-state index is 5.88. The first-order valence-corrected chi connectivity index (χ1v) is 4.74. The molecule has 0 aliphatic heterocycles. The van der Waals surface area contributed by atoms with E-state index in [4.69, 9.17) is 22.1 Å². The molecule has 0 aliphatic rings. The summed E-state index contributed by atoms with van der Waals surface area (Å²) in [6.45, 7) is 0. The van der Waals surface area contributed by atoms with E-state index in [1.165, 1.54) is 0 Å². The van der Waals surface area contributed by atoms with Gasteiger partial charge in [-0.15, -0.1) is 5.10 Å². The Morgan fingerprint density at radius 3 is 2.87 bits per heavy atom. The number of methoxy groups -OCH3 is 1. The van der Waals surface area contributed by atoms with E-state index in [1.54, 1.807) is 30.0 Å². The van der Waals surface area contributed by atoms with Gasteiger partial charge in [0, 0.05) is 11.1 Å². The van der Waals surface area contributed by atoms with Gasteiger partial charge < -0.3 is 10.5 Å². The third kappa shape index (κ3) is 1.89. The zero-order chi connectivity index (χ0) is 10.8. The van der Waals surface area contributed by atoms with Gasteiger partial charge in [0.25, 0.3) is 0 Å². The van der Waals surface area contributed by atoms with Gasteiger partial charge in [-0.2, -0.15) is 4.68 Å². The maximum Gasteiger partial charge on any atom is 0.218 e. The number of nitrogen functional groups attached to an aromatic ring is 1. The topological polar surface area (TPSA) is 53.1 Å². The summed E-state index contributed by atoms with van der Waals surface area (Å²) in [6, 6.07) is 8.96. The summed E-state index contributed by atoms with van der Waals surface area (Å²) in [5, 5.41) is 4.75. The van der Waals surface area contributed by atoms with E-state index in [1.807, 2.05) is 12.1 Å². The quantitative estimate of drug-likeness (QED) is 0.849. The average Bonchev–Trinajstić information content (AvgIpc) is 2.59. The molecule has 0 saturated carbocycles. The molecule has 1 aromatic heterocycles. The number of rotatable bonds is 2. The van der Waals surface area contributed by atoms with E-state index < -0.39 is 0 Å². The molecule has 0 fully saturated rings. The number of hydrogen-bond acceptors (Lipinski definition) is 3. The summed E-state index contributed by atoms with van der Waals surface area (Å²) in [6.07, 6.45) is 0. The fourth-order valence-corrected chi connectivity index (χ4v) is 1.50. The van der Waals surface area contributed by atoms with Crippen molar-refractivity contribution in [2.24, 2.45) is 0 Å². The van der Waals surface area contributed by atoms with E-state index in [0.29, 0.717) is 16.7 Å². The standard InChI is InChI=1S/C10H10ClN3O/c1-15-10-6-9(12)13-14(10)8-4-2-3-7(11)5-8/h2-6H,1H3,(H2,12,13). The minimum Gasteiger partial charge on any atom is -0.481 e. The van der Waals surface area contributed by atoms with Crippen molar-refractivity contribution in [3.63, 3.8) is 0 Å². The van der Waals surface area contributed by atoms with Gasteiger partial charge in [-0.3, -0.25) is 0 Å². The zero-order valence-corrected chi connectivity index (χ0v) is 8.90. The molecule has 0 bridgehead atoms. The summed E-state index contributed by atoms with van der Waals surface area (Å²) in [7, 11) is 1.57. The van der Waals surface area contributed by atoms with Crippen molar-refractivity contribution in [2.45, 2.75) is 0 Å². The SMILES string of the molecule is COc1cc(N)nn1-c1cccc(Cl)c1. The normalized spacial score (nSPS) is 10.3. The van der Waals surface area contributed by atoms with Crippen LogP contribution in [-0.4, -0.2) is 16.9 Å². The maximum atomic E-state index is 5.88. The number of nitrogens with zero attached hydrogens (tertiary/aromatic N) is 2. The van der Waals surface area contributed by atoms with E-state index >= 15 is 0 Å². The van der Waals surface area contributed by atoms with E-state index in [2.05, 4.69) is 5.10 Å². The first kappa shape index (κ1) is 9.86. The molecule has 1 heterocycles. The predicted octanol–water partition coefficient (Wildman–Crippen LogP) is 2.12. The Balaban J connectivity index is 2.53. The van der Waals surface area contributed by atoms with Gasteiger partial charge >= 0.3 is 0 Å². The summed E-state index contributed by atoms with van der Waals surface area (Å²) in [5.74, 6) is 0.988. The molecular weight excluding hydrogens is 214 g/mol. The van der Waals surface area contributed by atoms with Crippen LogP contribution in [0, 0.1) is 0 Å². The molecule has 2 rings (SSSR count). The van der Waals surface area contributed by atoms with E-state index in [-0.39, 0.29) is 0 Å². The number of nitrogens with two attached hydrogens (primary N) is 1. The molecule has 0 aliphatic carbocycles. The predicted molar refractivity (Wildman–Crippen MR) is 59.5 cm³/mol. The second kappa shape index (κ2) is 3.82. The molecule has 2 aromatic rings. The highest BCUT2D eigenvalue weighted by molar-refractivity contribution is 6.30. The molecule has 0 spiro atoms. The highest BCUT2D eigenvalue weighted by Crippen LogP contribution is 2.22. The third-order valence-electron chi connectivity index (χ3n) is 1.96. The van der Waals surface area contributed by atoms with Crippen LogP contribution in [0.4, 0.5) is 5.82 Å². The Kier molecular flexibility index (Phi) is 2.51. The Morgan fingerprint density at radius 1 is 1.40 bits per heavy atom. The van der Waals surface area contributed by atoms with Gasteiger partial charge in [-0.25, -0.2) is 0 Å². The van der Waals surface area contributed by atoms with Crippen molar-refractivity contribution in [3.8, 4) is 11.6 Å². The summed E-state index contributed by atoms with van der Waals surface area (Å²) < 4.78 is 6.74. The lowest BCUT2D eigenvalue weighted by molar-refractivity contribution is 0.383. The monoisotopic (exact) mass is 223 g/mol. The highest BCUT2D eigenvalue weighted by atomic mass is 35.5. The molecule has 5 heteroatoms. The Bertz CT molecular complexity index is 481. The van der Waals surface area contributed by atoms with Gasteiger partial charge in [0.05, 0.1) is 12.8 Å². The number of benzene rings is 1. The number of anilines is 1. The lowest BCUT2D eigenvalue weighted by atomic mass is 10.3. The van der Waals surface area contributed by atoms with Crippen LogP contribution in [0.3, 0.4) is 0 Å². The van der Waals surface area contributed by atoms with Crippen LogP contribution in [0.1, 0.15) is 0 Å². The number of aromatic nitrogens is 2. The molecule has 0 unspecified atom stereocenters. The van der Waals surface area contributed by atoms with Crippen LogP contribution in [0.2, 0.25) is 5.02 Å². The second-order valence-corrected chi connectivity index (χ2v) is 3.44. The molecule has 1 aromatic carbocycles. The van der Waals surface area contributed by atoms with Gasteiger partial charge in [0.15, 0.2) is 0 Å². The molecular formula is C10H10ClN3O. The zero-order valence-electron chi connectivity index (χ0n) is 8.14.